The van der Waals surface area contributed by atoms with Gasteiger partial charge in [0, 0.05) is 19.6 Å². The predicted octanol–water partition coefficient (Wildman–Crippen LogP) is 6.61. The summed E-state index contributed by atoms with van der Waals surface area (Å²) in [6.45, 7) is 5.54. The summed E-state index contributed by atoms with van der Waals surface area (Å²) < 4.78 is 16.7. The molecule has 0 heterocycles. The van der Waals surface area contributed by atoms with Crippen molar-refractivity contribution < 1.29 is 28.9 Å². The molecule has 1 atom stereocenters. The summed E-state index contributed by atoms with van der Waals surface area (Å²) in [7, 11) is 0. The third kappa shape index (κ3) is 10.9. The molecule has 0 aliphatic heterocycles. The molecule has 1 N–H and O–H groups in total. The number of aliphatic carboxylic acids is 1. The van der Waals surface area contributed by atoms with Gasteiger partial charge in [-0.05, 0) is 43.2 Å². The molecule has 36 heavy (non-hydrogen) atoms. The van der Waals surface area contributed by atoms with Gasteiger partial charge in [-0.3, -0.25) is 0 Å². The number of unbranched alkanes of at least 4 members (excludes halogenated alkanes) is 5. The Morgan fingerprint density at radius 2 is 1.64 bits per heavy atom. The average Bonchev–Trinajstić information content (AvgIpc) is 2.87. The van der Waals surface area contributed by atoms with E-state index in [9.17, 15) is 14.7 Å². The van der Waals surface area contributed by atoms with Crippen LogP contribution >= 0.6 is 11.6 Å². The fourth-order valence-corrected chi connectivity index (χ4v) is 3.87. The number of carboxylic acids is 1. The number of ether oxygens (including phenoxy) is 3. The van der Waals surface area contributed by atoms with Crippen molar-refractivity contribution in [3.8, 4) is 11.5 Å². The molecule has 0 aromatic heterocycles. The predicted molar refractivity (Wildman–Crippen MR) is 141 cm³/mol. The molecule has 0 saturated carbocycles. The number of hydrogen-bond acceptors (Lipinski definition) is 5. The quantitative estimate of drug-likeness (QED) is 0.237. The highest BCUT2D eigenvalue weighted by molar-refractivity contribution is 6.32. The van der Waals surface area contributed by atoms with E-state index in [1.807, 2.05) is 12.1 Å². The summed E-state index contributed by atoms with van der Waals surface area (Å²) in [5, 5.41) is 9.64. The van der Waals surface area contributed by atoms with Crippen molar-refractivity contribution in [2.45, 2.75) is 64.9 Å². The molecule has 8 heteroatoms. The van der Waals surface area contributed by atoms with Gasteiger partial charge in [0.15, 0.2) is 11.9 Å². The Kier molecular flexibility index (Phi) is 13.8. The van der Waals surface area contributed by atoms with Crippen molar-refractivity contribution in [2.24, 2.45) is 0 Å². The molecule has 1 unspecified atom stereocenters. The van der Waals surface area contributed by atoms with E-state index in [4.69, 9.17) is 25.8 Å². The van der Waals surface area contributed by atoms with Crippen LogP contribution in [-0.2, 0) is 16.0 Å². The lowest BCUT2D eigenvalue weighted by Crippen LogP contribution is -2.37. The van der Waals surface area contributed by atoms with Gasteiger partial charge in [0.2, 0.25) is 0 Å². The Bertz CT molecular complexity index is 921. The highest BCUT2D eigenvalue weighted by atomic mass is 35.5. The van der Waals surface area contributed by atoms with Crippen LogP contribution in [0.25, 0.3) is 0 Å². The molecule has 0 fully saturated rings. The summed E-state index contributed by atoms with van der Waals surface area (Å²) >= 11 is 6.15. The maximum Gasteiger partial charge on any atom is 0.415 e. The summed E-state index contributed by atoms with van der Waals surface area (Å²) in [6.07, 6.45) is 5.68. The molecule has 2 rings (SSSR count). The van der Waals surface area contributed by atoms with Gasteiger partial charge in [-0.25, -0.2) is 9.59 Å². The molecule has 198 valence electrons. The smallest absolute Gasteiger partial charge is 0.415 e. The Hall–Kier alpha value is -2.77. The molecule has 7 nitrogen and oxygen atoms in total. The molecule has 0 saturated heterocycles. The van der Waals surface area contributed by atoms with Crippen LogP contribution in [0.15, 0.2) is 48.5 Å². The lowest BCUT2D eigenvalue weighted by atomic mass is 10.1. The zero-order valence-electron chi connectivity index (χ0n) is 21.3. The Labute approximate surface area is 219 Å². The minimum Gasteiger partial charge on any atom is -0.492 e. The molecule has 0 spiro atoms. The third-order valence-corrected chi connectivity index (χ3v) is 6.00. The average molecular weight is 520 g/mol. The number of amides is 1. The maximum absolute atomic E-state index is 12.9. The van der Waals surface area contributed by atoms with E-state index in [0.717, 1.165) is 24.8 Å². The van der Waals surface area contributed by atoms with Crippen molar-refractivity contribution in [3.63, 3.8) is 0 Å². The van der Waals surface area contributed by atoms with Crippen molar-refractivity contribution >= 4 is 23.7 Å². The van der Waals surface area contributed by atoms with Crippen LogP contribution in [0.3, 0.4) is 0 Å². The minimum absolute atomic E-state index is 0.281. The second-order valence-electron chi connectivity index (χ2n) is 8.53. The number of benzene rings is 2. The van der Waals surface area contributed by atoms with Crippen LogP contribution in [0.5, 0.6) is 11.5 Å². The van der Waals surface area contributed by atoms with Crippen molar-refractivity contribution in [2.75, 3.05) is 26.3 Å². The molecule has 0 radical (unpaired) electrons. The number of carboxylic acid groups (broad SMARTS) is 1. The van der Waals surface area contributed by atoms with E-state index in [-0.39, 0.29) is 6.42 Å². The number of rotatable bonds is 17. The topological polar surface area (TPSA) is 85.3 Å². The van der Waals surface area contributed by atoms with Crippen molar-refractivity contribution in [1.29, 1.82) is 0 Å². The number of carbonyl (C=O) groups is 2. The van der Waals surface area contributed by atoms with Crippen molar-refractivity contribution in [3.05, 3.63) is 59.1 Å². The summed E-state index contributed by atoms with van der Waals surface area (Å²) in [5.41, 5.74) is 0.844. The Morgan fingerprint density at radius 1 is 0.944 bits per heavy atom. The molecule has 0 aliphatic carbocycles. The lowest BCUT2D eigenvalue weighted by molar-refractivity contribution is -0.149. The normalized spacial score (nSPS) is 11.6. The van der Waals surface area contributed by atoms with Gasteiger partial charge in [0.25, 0.3) is 0 Å². The summed E-state index contributed by atoms with van der Waals surface area (Å²) in [5.74, 6) is -0.00679. The molecule has 0 aliphatic rings. The second kappa shape index (κ2) is 16.8. The molecular formula is C28H38ClNO6. The second-order valence-corrected chi connectivity index (χ2v) is 8.94. The van der Waals surface area contributed by atoms with Crippen molar-refractivity contribution in [1.82, 2.24) is 4.90 Å². The minimum atomic E-state index is -0.980. The zero-order valence-corrected chi connectivity index (χ0v) is 22.0. The zero-order chi connectivity index (χ0) is 26.2. The van der Waals surface area contributed by atoms with E-state index in [1.54, 1.807) is 48.2 Å². The largest absolute Gasteiger partial charge is 0.492 e. The van der Waals surface area contributed by atoms with Crippen LogP contribution in [0.1, 0.15) is 57.9 Å². The number of nitrogens with zero attached hydrogens (tertiary/aromatic N) is 1. The number of hydrogen-bond donors (Lipinski definition) is 1. The van der Waals surface area contributed by atoms with Gasteiger partial charge in [0.05, 0.1) is 11.6 Å². The molecular weight excluding hydrogens is 482 g/mol. The molecule has 2 aromatic carbocycles. The molecule has 2 aromatic rings. The van der Waals surface area contributed by atoms with Gasteiger partial charge in [-0.1, -0.05) is 74.9 Å². The summed E-state index contributed by atoms with van der Waals surface area (Å²) in [6, 6.07) is 14.1. The van der Waals surface area contributed by atoms with Crippen LogP contribution < -0.4 is 9.47 Å². The van der Waals surface area contributed by atoms with Crippen LogP contribution in [-0.4, -0.2) is 54.5 Å². The summed E-state index contributed by atoms with van der Waals surface area (Å²) in [4.78, 5) is 25.8. The van der Waals surface area contributed by atoms with E-state index in [2.05, 4.69) is 6.92 Å². The first-order chi connectivity index (χ1) is 17.4. The fourth-order valence-electron chi connectivity index (χ4n) is 3.69. The number of halogens is 1. The Morgan fingerprint density at radius 3 is 2.31 bits per heavy atom. The van der Waals surface area contributed by atoms with E-state index >= 15 is 0 Å². The highest BCUT2D eigenvalue weighted by Crippen LogP contribution is 2.24. The fraction of sp³-hybridized carbons (Fsp3) is 0.500. The van der Waals surface area contributed by atoms with E-state index in [0.29, 0.717) is 42.8 Å². The lowest BCUT2D eigenvalue weighted by Gasteiger charge is -2.22. The van der Waals surface area contributed by atoms with Crippen LogP contribution in [0.4, 0.5) is 4.79 Å². The van der Waals surface area contributed by atoms with Gasteiger partial charge in [0.1, 0.15) is 12.4 Å². The van der Waals surface area contributed by atoms with E-state index in [1.165, 1.54) is 19.3 Å². The number of para-hydroxylation sites is 1. The molecule has 0 bridgehead atoms. The number of carbonyl (C=O) groups excluding carboxylic acids is 1. The first kappa shape index (κ1) is 29.5. The van der Waals surface area contributed by atoms with E-state index < -0.39 is 18.2 Å². The van der Waals surface area contributed by atoms with Gasteiger partial charge >= 0.3 is 12.1 Å². The third-order valence-electron chi connectivity index (χ3n) is 5.69. The monoisotopic (exact) mass is 519 g/mol. The SMILES string of the molecule is CCCCCCCCN(CCOc1ccc(CC(OCC)C(=O)O)cc1)C(=O)Oc1ccccc1Cl. The Balaban J connectivity index is 1.90. The van der Waals surface area contributed by atoms with Crippen LogP contribution in [0.2, 0.25) is 5.02 Å². The maximum atomic E-state index is 12.9. The first-order valence-corrected chi connectivity index (χ1v) is 13.1. The van der Waals surface area contributed by atoms with Gasteiger partial charge in [-0.15, -0.1) is 0 Å². The van der Waals surface area contributed by atoms with Gasteiger partial charge in [-0.2, -0.15) is 0 Å². The van der Waals surface area contributed by atoms with Crippen LogP contribution in [0, 0.1) is 0 Å². The standard InChI is InChI=1S/C28H38ClNO6/c1-3-5-6-7-8-11-18-30(28(33)36-25-13-10-9-12-24(25)29)19-20-35-23-16-14-22(15-17-23)21-26(27(31)32)34-4-2/h9-10,12-17,26H,3-8,11,18-21H2,1-2H3,(H,31,32). The van der Waals surface area contributed by atoms with Gasteiger partial charge < -0.3 is 24.2 Å². The first-order valence-electron chi connectivity index (χ1n) is 12.7. The molecule has 1 amide bonds. The highest BCUT2D eigenvalue weighted by Gasteiger charge is 2.19.